The number of hydrogen-bond donors (Lipinski definition) is 1. The van der Waals surface area contributed by atoms with Crippen LogP contribution in [0.15, 0.2) is 24.3 Å². The standard InChI is InChI=1S/C14H20N2O/c1-4-14(17)12-5-7-13(8-6-12)16(3)10-11(2)9-15/h5-8,11,14,17H,4,10H2,1-3H3. The van der Waals surface area contributed by atoms with Crippen molar-refractivity contribution < 1.29 is 5.11 Å². The number of aliphatic hydroxyl groups is 1. The van der Waals surface area contributed by atoms with E-state index >= 15 is 0 Å². The summed E-state index contributed by atoms with van der Waals surface area (Å²) in [6, 6.07) is 10.1. The molecule has 3 nitrogen and oxygen atoms in total. The van der Waals surface area contributed by atoms with Crippen molar-refractivity contribution in [2.45, 2.75) is 26.4 Å². The molecule has 0 fully saturated rings. The molecule has 2 atom stereocenters. The molecule has 1 N–H and O–H groups in total. The fourth-order valence-electron chi connectivity index (χ4n) is 1.74. The van der Waals surface area contributed by atoms with E-state index in [1.165, 1.54) is 0 Å². The number of aliphatic hydroxyl groups excluding tert-OH is 1. The Morgan fingerprint density at radius 3 is 2.41 bits per heavy atom. The Bertz CT molecular complexity index is 380. The maximum atomic E-state index is 9.69. The third kappa shape index (κ3) is 3.76. The van der Waals surface area contributed by atoms with E-state index in [1.807, 2.05) is 45.2 Å². The van der Waals surface area contributed by atoms with Crippen LogP contribution >= 0.6 is 0 Å². The summed E-state index contributed by atoms with van der Waals surface area (Å²) >= 11 is 0. The van der Waals surface area contributed by atoms with Gasteiger partial charge >= 0.3 is 0 Å². The summed E-state index contributed by atoms with van der Waals surface area (Å²) in [6.07, 6.45) is 0.341. The maximum Gasteiger partial charge on any atom is 0.0787 e. The van der Waals surface area contributed by atoms with Crippen molar-refractivity contribution in [1.82, 2.24) is 0 Å². The van der Waals surface area contributed by atoms with E-state index in [4.69, 9.17) is 5.26 Å². The van der Waals surface area contributed by atoms with E-state index in [0.29, 0.717) is 6.54 Å². The third-order valence-corrected chi connectivity index (χ3v) is 2.87. The van der Waals surface area contributed by atoms with Crippen molar-refractivity contribution in [1.29, 1.82) is 5.26 Å². The second-order valence-electron chi connectivity index (χ2n) is 4.43. The minimum atomic E-state index is -0.382. The number of anilines is 1. The Balaban J connectivity index is 2.71. The molecule has 1 rings (SSSR count). The highest BCUT2D eigenvalue weighted by Crippen LogP contribution is 2.20. The van der Waals surface area contributed by atoms with E-state index < -0.39 is 0 Å². The summed E-state index contributed by atoms with van der Waals surface area (Å²) in [5.41, 5.74) is 2.01. The number of nitriles is 1. The molecule has 0 amide bonds. The van der Waals surface area contributed by atoms with Gasteiger partial charge in [0.05, 0.1) is 18.1 Å². The van der Waals surface area contributed by atoms with Gasteiger partial charge in [-0.3, -0.25) is 0 Å². The zero-order valence-corrected chi connectivity index (χ0v) is 10.7. The monoisotopic (exact) mass is 232 g/mol. The summed E-state index contributed by atoms with van der Waals surface area (Å²) in [5.74, 6) is 0.0147. The van der Waals surface area contributed by atoms with Crippen molar-refractivity contribution in [2.75, 3.05) is 18.5 Å². The first kappa shape index (κ1) is 13.5. The highest BCUT2D eigenvalue weighted by molar-refractivity contribution is 5.47. The van der Waals surface area contributed by atoms with Crippen molar-refractivity contribution in [3.63, 3.8) is 0 Å². The summed E-state index contributed by atoms with van der Waals surface area (Å²) in [7, 11) is 1.97. The van der Waals surface area contributed by atoms with Gasteiger partial charge in [0.15, 0.2) is 0 Å². The fraction of sp³-hybridized carbons (Fsp3) is 0.500. The third-order valence-electron chi connectivity index (χ3n) is 2.87. The van der Waals surface area contributed by atoms with Gasteiger partial charge in [-0.25, -0.2) is 0 Å². The number of rotatable bonds is 5. The van der Waals surface area contributed by atoms with Crippen LogP contribution in [-0.2, 0) is 0 Å². The van der Waals surface area contributed by atoms with Crippen LogP contribution in [-0.4, -0.2) is 18.7 Å². The molecule has 0 radical (unpaired) electrons. The van der Waals surface area contributed by atoms with Crippen LogP contribution in [0.3, 0.4) is 0 Å². The zero-order chi connectivity index (χ0) is 12.8. The van der Waals surface area contributed by atoms with E-state index in [2.05, 4.69) is 11.0 Å². The molecule has 1 aromatic carbocycles. The van der Waals surface area contributed by atoms with Crippen LogP contribution in [0.5, 0.6) is 0 Å². The highest BCUT2D eigenvalue weighted by atomic mass is 16.3. The number of hydrogen-bond acceptors (Lipinski definition) is 3. The quantitative estimate of drug-likeness (QED) is 0.849. The fourth-order valence-corrected chi connectivity index (χ4v) is 1.74. The topological polar surface area (TPSA) is 47.3 Å². The van der Waals surface area contributed by atoms with Gasteiger partial charge in [-0.1, -0.05) is 19.1 Å². The van der Waals surface area contributed by atoms with Crippen LogP contribution in [0.1, 0.15) is 31.9 Å². The molecule has 1 aromatic rings. The SMILES string of the molecule is CCC(O)c1ccc(N(C)CC(C)C#N)cc1. The van der Waals surface area contributed by atoms with Crippen LogP contribution in [0.4, 0.5) is 5.69 Å². The molecule has 0 heterocycles. The normalized spacial score (nSPS) is 13.8. The average Bonchev–Trinajstić information content (AvgIpc) is 2.37. The van der Waals surface area contributed by atoms with Crippen LogP contribution < -0.4 is 4.90 Å². The first-order chi connectivity index (χ1) is 8.08. The smallest absolute Gasteiger partial charge is 0.0787 e. The average molecular weight is 232 g/mol. The Labute approximate surface area is 103 Å². The van der Waals surface area contributed by atoms with Gasteiger partial charge < -0.3 is 10.0 Å². The molecule has 0 aliphatic rings. The highest BCUT2D eigenvalue weighted by Gasteiger charge is 2.08. The van der Waals surface area contributed by atoms with Crippen molar-refractivity contribution in [3.05, 3.63) is 29.8 Å². The van der Waals surface area contributed by atoms with Gasteiger partial charge in [0.1, 0.15) is 0 Å². The first-order valence-electron chi connectivity index (χ1n) is 5.97. The first-order valence-corrected chi connectivity index (χ1v) is 5.97. The molecule has 92 valence electrons. The lowest BCUT2D eigenvalue weighted by Gasteiger charge is -2.21. The van der Waals surface area contributed by atoms with Gasteiger partial charge in [0, 0.05) is 19.3 Å². The minimum Gasteiger partial charge on any atom is -0.388 e. The number of nitrogens with zero attached hydrogens (tertiary/aromatic N) is 2. The molecule has 17 heavy (non-hydrogen) atoms. The van der Waals surface area contributed by atoms with E-state index in [9.17, 15) is 5.11 Å². The van der Waals surface area contributed by atoms with Crippen molar-refractivity contribution >= 4 is 5.69 Å². The van der Waals surface area contributed by atoms with Crippen molar-refractivity contribution in [3.8, 4) is 6.07 Å². The molecular weight excluding hydrogens is 212 g/mol. The van der Waals surface area contributed by atoms with Crippen LogP contribution in [0.2, 0.25) is 0 Å². The second kappa shape index (κ2) is 6.27. The zero-order valence-electron chi connectivity index (χ0n) is 10.7. The van der Waals surface area contributed by atoms with Gasteiger partial charge in [-0.2, -0.15) is 5.26 Å². The van der Waals surface area contributed by atoms with E-state index in [0.717, 1.165) is 17.7 Å². The van der Waals surface area contributed by atoms with E-state index in [1.54, 1.807) is 0 Å². The molecule has 0 spiro atoms. The molecule has 0 bridgehead atoms. The molecule has 0 aromatic heterocycles. The Morgan fingerprint density at radius 1 is 1.35 bits per heavy atom. The largest absolute Gasteiger partial charge is 0.388 e. The summed E-state index contributed by atoms with van der Waals surface area (Å²) in [6.45, 7) is 4.58. The van der Waals surface area contributed by atoms with Crippen LogP contribution in [0.25, 0.3) is 0 Å². The molecule has 2 unspecified atom stereocenters. The molecule has 0 saturated heterocycles. The molecule has 3 heteroatoms. The number of benzene rings is 1. The molecular formula is C14H20N2O. The van der Waals surface area contributed by atoms with Crippen molar-refractivity contribution in [2.24, 2.45) is 5.92 Å². The lowest BCUT2D eigenvalue weighted by Crippen LogP contribution is -2.23. The molecule has 0 aliphatic heterocycles. The summed E-state index contributed by atoms with van der Waals surface area (Å²) < 4.78 is 0. The van der Waals surface area contributed by atoms with Gasteiger partial charge in [0.2, 0.25) is 0 Å². The summed E-state index contributed by atoms with van der Waals surface area (Å²) in [5, 5.41) is 18.5. The lowest BCUT2D eigenvalue weighted by molar-refractivity contribution is 0.173. The van der Waals surface area contributed by atoms with Crippen LogP contribution in [0, 0.1) is 17.2 Å². The Morgan fingerprint density at radius 2 is 1.94 bits per heavy atom. The van der Waals surface area contributed by atoms with Gasteiger partial charge in [0.25, 0.3) is 0 Å². The predicted molar refractivity (Wildman–Crippen MR) is 69.7 cm³/mol. The minimum absolute atomic E-state index is 0.0147. The van der Waals surface area contributed by atoms with Gasteiger partial charge in [-0.05, 0) is 31.0 Å². The van der Waals surface area contributed by atoms with E-state index in [-0.39, 0.29) is 12.0 Å². The maximum absolute atomic E-state index is 9.69. The lowest BCUT2D eigenvalue weighted by atomic mass is 10.1. The molecule has 0 aliphatic carbocycles. The Kier molecular flexibility index (Phi) is 4.99. The Hall–Kier alpha value is -1.53. The summed E-state index contributed by atoms with van der Waals surface area (Å²) in [4.78, 5) is 2.05. The predicted octanol–water partition coefficient (Wildman–Crippen LogP) is 2.73. The molecule has 0 saturated carbocycles. The second-order valence-corrected chi connectivity index (χ2v) is 4.43. The van der Waals surface area contributed by atoms with Gasteiger partial charge in [-0.15, -0.1) is 0 Å².